The van der Waals surface area contributed by atoms with Crippen LogP contribution in [-0.2, 0) is 0 Å². The van der Waals surface area contributed by atoms with Crippen LogP contribution < -0.4 is 20.7 Å². The standard InChI is InChI=1S/C15H14F2N2O2/c16-11-5-4-9(8-12(11)17)14(19-18)10-2-1-3-13-15(10)21-7-6-20-13/h1-5,8,14,19H,6-7,18H2. The maximum absolute atomic E-state index is 13.4. The average molecular weight is 292 g/mol. The third-order valence-electron chi connectivity index (χ3n) is 3.35. The van der Waals surface area contributed by atoms with Crippen molar-refractivity contribution in [3.63, 3.8) is 0 Å². The van der Waals surface area contributed by atoms with Gasteiger partial charge in [-0.2, -0.15) is 0 Å². The van der Waals surface area contributed by atoms with E-state index in [9.17, 15) is 8.78 Å². The minimum atomic E-state index is -0.922. The van der Waals surface area contributed by atoms with E-state index in [0.29, 0.717) is 35.8 Å². The molecule has 0 aliphatic carbocycles. The topological polar surface area (TPSA) is 56.5 Å². The Morgan fingerprint density at radius 2 is 1.86 bits per heavy atom. The van der Waals surface area contributed by atoms with E-state index < -0.39 is 17.7 Å². The van der Waals surface area contributed by atoms with Crippen LogP contribution in [0.25, 0.3) is 0 Å². The predicted molar refractivity (Wildman–Crippen MR) is 73.0 cm³/mol. The van der Waals surface area contributed by atoms with Crippen LogP contribution in [0.4, 0.5) is 8.78 Å². The summed E-state index contributed by atoms with van der Waals surface area (Å²) in [7, 11) is 0. The maximum atomic E-state index is 13.4. The van der Waals surface area contributed by atoms with Crippen molar-refractivity contribution >= 4 is 0 Å². The Hall–Kier alpha value is -2.18. The summed E-state index contributed by atoms with van der Waals surface area (Å²) in [5.74, 6) is 4.95. The molecule has 1 aliphatic rings. The molecule has 1 unspecified atom stereocenters. The van der Waals surface area contributed by atoms with E-state index in [-0.39, 0.29) is 0 Å². The minimum absolute atomic E-state index is 0.430. The van der Waals surface area contributed by atoms with Crippen LogP contribution >= 0.6 is 0 Å². The molecule has 1 heterocycles. The highest BCUT2D eigenvalue weighted by Gasteiger charge is 2.23. The summed E-state index contributed by atoms with van der Waals surface area (Å²) >= 11 is 0. The number of ether oxygens (including phenoxy) is 2. The molecule has 0 amide bonds. The highest BCUT2D eigenvalue weighted by molar-refractivity contribution is 5.51. The minimum Gasteiger partial charge on any atom is -0.486 e. The van der Waals surface area contributed by atoms with Crippen LogP contribution in [0.1, 0.15) is 17.2 Å². The summed E-state index contributed by atoms with van der Waals surface area (Å²) in [6.45, 7) is 0.904. The molecule has 0 radical (unpaired) electrons. The molecule has 0 saturated carbocycles. The summed E-state index contributed by atoms with van der Waals surface area (Å²) in [5.41, 5.74) is 3.81. The van der Waals surface area contributed by atoms with E-state index >= 15 is 0 Å². The molecule has 4 nitrogen and oxygen atoms in total. The fraction of sp³-hybridized carbons (Fsp3) is 0.200. The van der Waals surface area contributed by atoms with Crippen LogP contribution in [-0.4, -0.2) is 13.2 Å². The van der Waals surface area contributed by atoms with Crippen LogP contribution in [0.5, 0.6) is 11.5 Å². The zero-order valence-electron chi connectivity index (χ0n) is 11.1. The summed E-state index contributed by atoms with van der Waals surface area (Å²) in [5, 5.41) is 0. The molecule has 2 aromatic rings. The largest absolute Gasteiger partial charge is 0.486 e. The van der Waals surface area contributed by atoms with Crippen molar-refractivity contribution in [2.75, 3.05) is 13.2 Å². The van der Waals surface area contributed by atoms with E-state index in [1.807, 2.05) is 0 Å². The average Bonchev–Trinajstić information content (AvgIpc) is 2.52. The second-order valence-electron chi connectivity index (χ2n) is 4.64. The number of nitrogens with two attached hydrogens (primary N) is 1. The second kappa shape index (κ2) is 5.67. The quantitative estimate of drug-likeness (QED) is 0.673. The molecule has 0 saturated heterocycles. The predicted octanol–water partition coefficient (Wildman–Crippen LogP) is 2.29. The first-order valence-corrected chi connectivity index (χ1v) is 6.50. The lowest BCUT2D eigenvalue weighted by Crippen LogP contribution is -2.30. The van der Waals surface area contributed by atoms with Gasteiger partial charge in [-0.15, -0.1) is 0 Å². The Balaban J connectivity index is 2.06. The normalized spacial score (nSPS) is 14.8. The molecule has 1 aliphatic heterocycles. The molecule has 0 fully saturated rings. The van der Waals surface area contributed by atoms with Gasteiger partial charge in [-0.05, 0) is 23.8 Å². The number of hydrogen-bond donors (Lipinski definition) is 2. The lowest BCUT2D eigenvalue weighted by atomic mass is 9.97. The van der Waals surface area contributed by atoms with E-state index in [0.717, 1.165) is 12.1 Å². The molecule has 2 aromatic carbocycles. The van der Waals surface area contributed by atoms with E-state index in [2.05, 4.69) is 5.43 Å². The lowest BCUT2D eigenvalue weighted by molar-refractivity contribution is 0.169. The van der Waals surface area contributed by atoms with E-state index in [1.54, 1.807) is 18.2 Å². The summed E-state index contributed by atoms with van der Waals surface area (Å²) < 4.78 is 37.6. The molecule has 3 N–H and O–H groups in total. The number of halogens is 2. The number of nitrogens with one attached hydrogen (secondary N) is 1. The van der Waals surface area contributed by atoms with Crippen molar-refractivity contribution in [1.29, 1.82) is 0 Å². The van der Waals surface area contributed by atoms with Gasteiger partial charge in [0.25, 0.3) is 0 Å². The Bertz CT molecular complexity index is 664. The van der Waals surface area contributed by atoms with E-state index in [1.165, 1.54) is 6.07 Å². The second-order valence-corrected chi connectivity index (χ2v) is 4.64. The Morgan fingerprint density at radius 1 is 1.05 bits per heavy atom. The fourth-order valence-corrected chi connectivity index (χ4v) is 2.38. The van der Waals surface area contributed by atoms with Crippen LogP contribution in [0.2, 0.25) is 0 Å². The number of hydrogen-bond acceptors (Lipinski definition) is 4. The highest BCUT2D eigenvalue weighted by Crippen LogP contribution is 2.38. The molecule has 21 heavy (non-hydrogen) atoms. The Morgan fingerprint density at radius 3 is 2.62 bits per heavy atom. The summed E-state index contributed by atoms with van der Waals surface area (Å²) in [6.07, 6.45) is 0. The molecule has 1 atom stereocenters. The van der Waals surface area contributed by atoms with Crippen molar-refractivity contribution in [2.45, 2.75) is 6.04 Å². The number of para-hydroxylation sites is 1. The van der Waals surface area contributed by atoms with Crippen molar-refractivity contribution in [2.24, 2.45) is 5.84 Å². The number of hydrazine groups is 1. The highest BCUT2D eigenvalue weighted by atomic mass is 19.2. The first-order chi connectivity index (χ1) is 10.2. The Kier molecular flexibility index (Phi) is 3.72. The van der Waals surface area contributed by atoms with Gasteiger partial charge < -0.3 is 9.47 Å². The molecule has 0 spiro atoms. The molecule has 110 valence electrons. The zero-order valence-corrected chi connectivity index (χ0v) is 11.1. The number of rotatable bonds is 3. The van der Waals surface area contributed by atoms with Gasteiger partial charge in [0.15, 0.2) is 23.1 Å². The third kappa shape index (κ3) is 2.55. The van der Waals surface area contributed by atoms with Crippen LogP contribution in [0, 0.1) is 11.6 Å². The number of benzene rings is 2. The van der Waals surface area contributed by atoms with Crippen molar-refractivity contribution in [3.05, 3.63) is 59.2 Å². The van der Waals surface area contributed by atoms with Crippen LogP contribution in [0.3, 0.4) is 0 Å². The summed E-state index contributed by atoms with van der Waals surface area (Å²) in [4.78, 5) is 0. The van der Waals surface area contributed by atoms with Gasteiger partial charge in [-0.25, -0.2) is 14.2 Å². The molecular weight excluding hydrogens is 278 g/mol. The molecule has 0 bridgehead atoms. The molecular formula is C15H14F2N2O2. The summed E-state index contributed by atoms with van der Waals surface area (Å²) in [6, 6.07) is 8.52. The molecule has 3 rings (SSSR count). The zero-order chi connectivity index (χ0) is 14.8. The van der Waals surface area contributed by atoms with Crippen molar-refractivity contribution < 1.29 is 18.3 Å². The molecule has 6 heteroatoms. The number of fused-ring (bicyclic) bond motifs is 1. The Labute approximate surface area is 120 Å². The van der Waals surface area contributed by atoms with Crippen molar-refractivity contribution in [1.82, 2.24) is 5.43 Å². The smallest absolute Gasteiger partial charge is 0.166 e. The van der Waals surface area contributed by atoms with Crippen LogP contribution in [0.15, 0.2) is 36.4 Å². The first kappa shape index (κ1) is 13.8. The third-order valence-corrected chi connectivity index (χ3v) is 3.35. The van der Waals surface area contributed by atoms with Gasteiger partial charge in [0.05, 0.1) is 6.04 Å². The van der Waals surface area contributed by atoms with Crippen molar-refractivity contribution in [3.8, 4) is 11.5 Å². The van der Waals surface area contributed by atoms with Gasteiger partial charge in [0.1, 0.15) is 13.2 Å². The van der Waals surface area contributed by atoms with Gasteiger partial charge in [0, 0.05) is 5.56 Å². The van der Waals surface area contributed by atoms with Gasteiger partial charge in [0.2, 0.25) is 0 Å². The SMILES string of the molecule is NNC(c1ccc(F)c(F)c1)c1cccc2c1OCCO2. The monoisotopic (exact) mass is 292 g/mol. The van der Waals surface area contributed by atoms with E-state index in [4.69, 9.17) is 15.3 Å². The van der Waals surface area contributed by atoms with Gasteiger partial charge in [-0.1, -0.05) is 18.2 Å². The first-order valence-electron chi connectivity index (χ1n) is 6.50. The van der Waals surface area contributed by atoms with Gasteiger partial charge >= 0.3 is 0 Å². The lowest BCUT2D eigenvalue weighted by Gasteiger charge is -2.25. The van der Waals surface area contributed by atoms with Gasteiger partial charge in [-0.3, -0.25) is 5.84 Å². The fourth-order valence-electron chi connectivity index (χ4n) is 2.38. The maximum Gasteiger partial charge on any atom is 0.166 e. The molecule has 0 aromatic heterocycles.